The van der Waals surface area contributed by atoms with E-state index in [0.29, 0.717) is 66.8 Å². The lowest BCUT2D eigenvalue weighted by molar-refractivity contribution is -0.205. The molecule has 1 aliphatic heterocycles. The van der Waals surface area contributed by atoms with Crippen LogP contribution in [0.25, 0.3) is 0 Å². The fraction of sp³-hybridized carbons (Fsp3) is 0.756. The average molecular weight is 678 g/mol. The molecule has 0 bridgehead atoms. The minimum absolute atomic E-state index is 0.0501. The highest BCUT2D eigenvalue weighted by Crippen LogP contribution is 2.75. The molecule has 1 aromatic carbocycles. The Kier molecular flexibility index (Phi) is 8.46. The van der Waals surface area contributed by atoms with Crippen LogP contribution in [-0.2, 0) is 4.79 Å². The summed E-state index contributed by atoms with van der Waals surface area (Å²) in [6, 6.07) is 6.29. The molecule has 264 valence electrons. The Labute approximate surface area is 294 Å². The van der Waals surface area contributed by atoms with Crippen molar-refractivity contribution in [2.45, 2.75) is 112 Å². The third-order valence-corrected chi connectivity index (χ3v) is 16.7. The lowest BCUT2D eigenvalue weighted by Crippen LogP contribution is -2.66. The van der Waals surface area contributed by atoms with Crippen molar-refractivity contribution in [3.8, 4) is 0 Å². The summed E-state index contributed by atoms with van der Waals surface area (Å²) in [4.78, 5) is 19.3. The van der Waals surface area contributed by atoms with Gasteiger partial charge in [-0.2, -0.15) is 0 Å². The van der Waals surface area contributed by atoms with Crippen LogP contribution in [0.1, 0.15) is 106 Å². The molecule has 10 atom stereocenters. The molecular weight excluding hydrogens is 618 g/mol. The third kappa shape index (κ3) is 4.89. The monoisotopic (exact) mass is 677 g/mol. The smallest absolute Gasteiger partial charge is 0.229 e. The van der Waals surface area contributed by atoms with Gasteiger partial charge in [-0.15, -0.1) is 0 Å². The number of carbonyl (C=O) groups is 1. The largest absolute Gasteiger partial charge is 0.393 e. The van der Waals surface area contributed by atoms with Crippen LogP contribution < -0.4 is 5.32 Å². The van der Waals surface area contributed by atoms with Gasteiger partial charge in [0.25, 0.3) is 0 Å². The second kappa shape index (κ2) is 11.8. The molecule has 48 heavy (non-hydrogen) atoms. The summed E-state index contributed by atoms with van der Waals surface area (Å²) in [6.45, 7) is 20.1. The molecule has 1 aromatic rings. The Morgan fingerprint density at radius 3 is 2.23 bits per heavy atom. The third-order valence-electron chi connectivity index (χ3n) is 16.3. The van der Waals surface area contributed by atoms with E-state index in [1.165, 1.54) is 25.0 Å². The van der Waals surface area contributed by atoms with Crippen LogP contribution in [0, 0.1) is 62.5 Å². The van der Waals surface area contributed by atoms with Crippen LogP contribution in [-0.4, -0.2) is 58.2 Å². The second-order valence-electron chi connectivity index (χ2n) is 18.4. The van der Waals surface area contributed by atoms with Crippen molar-refractivity contribution >= 4 is 28.9 Å². The zero-order valence-electron chi connectivity index (χ0n) is 30.6. The SMILES string of the molecule is C[C@H]1[C@H](C)CC[C@]2(C(=O)N3CCN(C(=S)Nc4ccc(F)cc4)CC3)CC[C@]3(C)C(=CC[C@@H]4[C@@]5(C)CC[C@H](O)C(C)(C)[C@@H]5CC[C@]43C)[C@H]12. The van der Waals surface area contributed by atoms with Gasteiger partial charge in [-0.1, -0.05) is 60.1 Å². The summed E-state index contributed by atoms with van der Waals surface area (Å²) in [5.74, 6) is 2.63. The maximum atomic E-state index is 15.0. The molecule has 1 amide bonds. The second-order valence-corrected chi connectivity index (χ2v) is 18.8. The molecule has 1 saturated heterocycles. The molecular formula is C41H60FN3O2S. The maximum Gasteiger partial charge on any atom is 0.229 e. The van der Waals surface area contributed by atoms with E-state index >= 15 is 4.79 Å². The molecule has 5 fully saturated rings. The topological polar surface area (TPSA) is 55.8 Å². The fourth-order valence-corrected chi connectivity index (χ4v) is 13.3. The van der Waals surface area contributed by atoms with Crippen LogP contribution >= 0.6 is 12.2 Å². The highest BCUT2D eigenvalue weighted by Gasteiger charge is 2.69. The lowest BCUT2D eigenvalue weighted by atomic mass is 9.33. The number of thiocarbonyl (C=S) groups is 1. The van der Waals surface area contributed by atoms with Crippen molar-refractivity contribution in [3.63, 3.8) is 0 Å². The number of hydrogen-bond donors (Lipinski definition) is 2. The molecule has 5 nitrogen and oxygen atoms in total. The average Bonchev–Trinajstić information content (AvgIpc) is 3.06. The van der Waals surface area contributed by atoms with Gasteiger partial charge in [0, 0.05) is 31.9 Å². The Morgan fingerprint density at radius 1 is 0.875 bits per heavy atom. The van der Waals surface area contributed by atoms with Crippen LogP contribution in [0.2, 0.25) is 0 Å². The Morgan fingerprint density at radius 2 is 1.54 bits per heavy atom. The zero-order chi connectivity index (χ0) is 34.4. The molecule has 1 heterocycles. The first-order chi connectivity index (χ1) is 22.6. The minimum atomic E-state index is -0.326. The van der Waals surface area contributed by atoms with Crippen molar-refractivity contribution in [3.05, 3.63) is 41.7 Å². The number of hydrogen-bond acceptors (Lipinski definition) is 3. The number of aliphatic hydroxyl groups is 1. The zero-order valence-corrected chi connectivity index (χ0v) is 31.4. The first-order valence-electron chi connectivity index (χ1n) is 19.1. The molecule has 2 N–H and O–H groups in total. The van der Waals surface area contributed by atoms with E-state index in [4.69, 9.17) is 12.2 Å². The molecule has 0 radical (unpaired) electrons. The van der Waals surface area contributed by atoms with E-state index in [-0.39, 0.29) is 39.0 Å². The number of nitrogens with one attached hydrogen (secondary N) is 1. The van der Waals surface area contributed by atoms with E-state index in [2.05, 4.69) is 69.7 Å². The van der Waals surface area contributed by atoms with Gasteiger partial charge in [0.2, 0.25) is 5.91 Å². The Bertz CT molecular complexity index is 1470. The van der Waals surface area contributed by atoms with E-state index < -0.39 is 0 Å². The van der Waals surface area contributed by atoms with Crippen molar-refractivity contribution in [1.82, 2.24) is 9.80 Å². The molecule has 7 rings (SSSR count). The number of allylic oxidation sites excluding steroid dienone is 2. The van der Waals surface area contributed by atoms with Gasteiger partial charge in [0.15, 0.2) is 5.11 Å². The number of piperazine rings is 1. The van der Waals surface area contributed by atoms with Gasteiger partial charge < -0.3 is 20.2 Å². The molecule has 7 heteroatoms. The molecule has 0 aromatic heterocycles. The molecule has 0 spiro atoms. The van der Waals surface area contributed by atoms with Gasteiger partial charge in [-0.3, -0.25) is 4.79 Å². The number of fused-ring (bicyclic) bond motifs is 7. The number of benzene rings is 1. The molecule has 5 aliphatic carbocycles. The van der Waals surface area contributed by atoms with Crippen molar-refractivity contribution in [1.29, 1.82) is 0 Å². The summed E-state index contributed by atoms with van der Waals surface area (Å²) in [7, 11) is 0. The van der Waals surface area contributed by atoms with E-state index in [1.807, 2.05) is 0 Å². The normalized spacial score (nSPS) is 43.6. The summed E-state index contributed by atoms with van der Waals surface area (Å²) in [5.41, 5.74) is 2.53. The summed E-state index contributed by atoms with van der Waals surface area (Å²) in [5, 5.41) is 15.0. The number of anilines is 1. The van der Waals surface area contributed by atoms with Crippen LogP contribution in [0.4, 0.5) is 10.1 Å². The van der Waals surface area contributed by atoms with E-state index in [1.54, 1.807) is 17.7 Å². The highest BCUT2D eigenvalue weighted by molar-refractivity contribution is 7.80. The van der Waals surface area contributed by atoms with Crippen LogP contribution in [0.15, 0.2) is 35.9 Å². The summed E-state index contributed by atoms with van der Waals surface area (Å²) < 4.78 is 13.4. The molecule has 0 unspecified atom stereocenters. The first-order valence-corrected chi connectivity index (χ1v) is 19.5. The molecule has 4 saturated carbocycles. The highest BCUT2D eigenvalue weighted by atomic mass is 32.1. The van der Waals surface area contributed by atoms with Gasteiger partial charge in [-0.05, 0) is 146 Å². The van der Waals surface area contributed by atoms with E-state index in [9.17, 15) is 9.50 Å². The van der Waals surface area contributed by atoms with Crippen molar-refractivity contribution in [2.75, 3.05) is 31.5 Å². The molecule has 6 aliphatic rings. The summed E-state index contributed by atoms with van der Waals surface area (Å²) in [6.07, 6.45) is 12.2. The van der Waals surface area contributed by atoms with Gasteiger partial charge in [-0.25, -0.2) is 4.39 Å². The maximum absolute atomic E-state index is 15.0. The quantitative estimate of drug-likeness (QED) is 0.242. The van der Waals surface area contributed by atoms with Gasteiger partial charge in [0.1, 0.15) is 5.82 Å². The number of carbonyl (C=O) groups excluding carboxylic acids is 1. The van der Waals surface area contributed by atoms with Crippen molar-refractivity contribution < 1.29 is 14.3 Å². The van der Waals surface area contributed by atoms with Gasteiger partial charge >= 0.3 is 0 Å². The Hall–Kier alpha value is -1.99. The lowest BCUT2D eigenvalue weighted by Gasteiger charge is -2.71. The standard InChI is InChI=1S/C41H60FN3O2S/c1-26-14-19-41(35(47)44-22-24-45(25-23-44)36(48)43-29-10-8-28(42)9-11-29)21-20-39(6)30(34(41)27(26)2)12-13-32-38(5)17-16-33(46)37(3,4)31(38)15-18-40(32,39)7/h8-12,26-27,31-34,46H,13-25H2,1-7H3,(H,43,48)/t26-,27+,31+,32-,33+,34+,38+,39-,40-,41+/m1/s1. The summed E-state index contributed by atoms with van der Waals surface area (Å²) >= 11 is 5.73. The van der Waals surface area contributed by atoms with Crippen molar-refractivity contribution in [2.24, 2.45) is 56.7 Å². The fourth-order valence-electron chi connectivity index (χ4n) is 13.0. The Balaban J connectivity index is 1.14. The number of rotatable bonds is 2. The van der Waals surface area contributed by atoms with Crippen LogP contribution in [0.5, 0.6) is 0 Å². The predicted octanol–water partition coefficient (Wildman–Crippen LogP) is 8.69. The van der Waals surface area contributed by atoms with Gasteiger partial charge in [0.05, 0.1) is 11.5 Å². The number of nitrogens with zero attached hydrogens (tertiary/aromatic N) is 2. The van der Waals surface area contributed by atoms with Crippen LogP contribution in [0.3, 0.4) is 0 Å². The number of halogens is 1. The number of aliphatic hydroxyl groups excluding tert-OH is 1. The van der Waals surface area contributed by atoms with E-state index in [0.717, 1.165) is 50.6 Å². The predicted molar refractivity (Wildman–Crippen MR) is 196 cm³/mol. The number of amides is 1. The first kappa shape index (κ1) is 34.5. The minimum Gasteiger partial charge on any atom is -0.393 e.